The van der Waals surface area contributed by atoms with E-state index in [-0.39, 0.29) is 11.8 Å². The summed E-state index contributed by atoms with van der Waals surface area (Å²) in [6.45, 7) is 4.59. The van der Waals surface area contributed by atoms with Crippen molar-refractivity contribution >= 4 is 17.5 Å². The molecule has 6 nitrogen and oxygen atoms in total. The van der Waals surface area contributed by atoms with Crippen LogP contribution in [-0.2, 0) is 11.3 Å². The van der Waals surface area contributed by atoms with Gasteiger partial charge in [0.2, 0.25) is 5.91 Å². The van der Waals surface area contributed by atoms with Crippen molar-refractivity contribution < 1.29 is 9.53 Å². The summed E-state index contributed by atoms with van der Waals surface area (Å²) >= 11 is 0. The third kappa shape index (κ3) is 4.68. The summed E-state index contributed by atoms with van der Waals surface area (Å²) in [6.07, 6.45) is 1.63. The molecule has 0 aliphatic carbocycles. The summed E-state index contributed by atoms with van der Waals surface area (Å²) in [5.41, 5.74) is 1.04. The number of anilines is 2. The zero-order valence-corrected chi connectivity index (χ0v) is 14.4. The fraction of sp³-hybridized carbons (Fsp3) is 0.389. The summed E-state index contributed by atoms with van der Waals surface area (Å²) in [5.74, 6) is 1.93. The zero-order valence-electron chi connectivity index (χ0n) is 14.4. The molecule has 1 aromatic carbocycles. The van der Waals surface area contributed by atoms with Crippen LogP contribution in [0.2, 0.25) is 0 Å². The van der Waals surface area contributed by atoms with Crippen LogP contribution in [0.1, 0.15) is 32.3 Å². The monoisotopic (exact) mass is 328 g/mol. The van der Waals surface area contributed by atoms with Crippen molar-refractivity contribution in [1.29, 1.82) is 0 Å². The maximum Gasteiger partial charge on any atom is 0.228 e. The summed E-state index contributed by atoms with van der Waals surface area (Å²) in [7, 11) is 1.65. The first kappa shape index (κ1) is 17.7. The molecule has 1 aromatic heterocycles. The van der Waals surface area contributed by atoms with Gasteiger partial charge in [-0.25, -0.2) is 0 Å². The van der Waals surface area contributed by atoms with E-state index in [9.17, 15) is 4.79 Å². The molecule has 0 fully saturated rings. The van der Waals surface area contributed by atoms with E-state index in [1.54, 1.807) is 19.2 Å². The number of para-hydroxylation sites is 1. The molecule has 0 aliphatic heterocycles. The molecule has 6 heteroatoms. The van der Waals surface area contributed by atoms with Gasteiger partial charge in [0.25, 0.3) is 0 Å². The first-order valence-corrected chi connectivity index (χ1v) is 8.18. The number of carbonyl (C=O) groups is 1. The van der Waals surface area contributed by atoms with Crippen molar-refractivity contribution in [1.82, 2.24) is 10.2 Å². The van der Waals surface area contributed by atoms with Gasteiger partial charge < -0.3 is 15.4 Å². The maximum absolute atomic E-state index is 12.0. The second-order valence-electron chi connectivity index (χ2n) is 5.47. The number of amides is 1. The van der Waals surface area contributed by atoms with Crippen LogP contribution in [0.5, 0.6) is 5.75 Å². The minimum atomic E-state index is -0.0102. The summed E-state index contributed by atoms with van der Waals surface area (Å²) in [5, 5.41) is 14.1. The highest BCUT2D eigenvalue weighted by atomic mass is 16.5. The number of nitrogens with zero attached hydrogens (tertiary/aromatic N) is 2. The largest absolute Gasteiger partial charge is 0.496 e. The van der Waals surface area contributed by atoms with Gasteiger partial charge in [0.1, 0.15) is 11.6 Å². The van der Waals surface area contributed by atoms with Crippen LogP contribution in [0.4, 0.5) is 11.6 Å². The van der Waals surface area contributed by atoms with E-state index >= 15 is 0 Å². The van der Waals surface area contributed by atoms with Gasteiger partial charge in [0.05, 0.1) is 7.11 Å². The third-order valence-electron chi connectivity index (χ3n) is 3.92. The fourth-order valence-electron chi connectivity index (χ4n) is 2.42. The number of benzene rings is 1. The SMILES string of the molecule is CCC(CC)C(=O)Nc1ccc(NCc2ccccc2OC)nn1. The number of hydrogen-bond donors (Lipinski definition) is 2. The van der Waals surface area contributed by atoms with Gasteiger partial charge in [-0.05, 0) is 31.0 Å². The van der Waals surface area contributed by atoms with Gasteiger partial charge in [-0.3, -0.25) is 4.79 Å². The highest BCUT2D eigenvalue weighted by molar-refractivity contribution is 5.91. The summed E-state index contributed by atoms with van der Waals surface area (Å²) in [6, 6.07) is 11.3. The first-order valence-electron chi connectivity index (χ1n) is 8.18. The Bertz CT molecular complexity index is 654. The quantitative estimate of drug-likeness (QED) is 0.776. The van der Waals surface area contributed by atoms with E-state index < -0.39 is 0 Å². The lowest BCUT2D eigenvalue weighted by Crippen LogP contribution is -2.22. The molecule has 1 heterocycles. The second-order valence-corrected chi connectivity index (χ2v) is 5.47. The number of carbonyl (C=O) groups excluding carboxylic acids is 1. The molecule has 0 radical (unpaired) electrons. The molecular formula is C18H24N4O2. The molecule has 0 spiro atoms. The van der Waals surface area contributed by atoms with Gasteiger partial charge in [0.15, 0.2) is 5.82 Å². The van der Waals surface area contributed by atoms with Crippen LogP contribution in [0.15, 0.2) is 36.4 Å². The molecule has 0 atom stereocenters. The Morgan fingerprint density at radius 2 is 1.75 bits per heavy atom. The van der Waals surface area contributed by atoms with Crippen LogP contribution in [-0.4, -0.2) is 23.2 Å². The molecule has 0 bridgehead atoms. The Kier molecular flexibility index (Phi) is 6.54. The van der Waals surface area contributed by atoms with Gasteiger partial charge in [-0.2, -0.15) is 0 Å². The van der Waals surface area contributed by atoms with Gasteiger partial charge in [0, 0.05) is 18.0 Å². The fourth-order valence-corrected chi connectivity index (χ4v) is 2.42. The van der Waals surface area contributed by atoms with Crippen molar-refractivity contribution in [3.05, 3.63) is 42.0 Å². The highest BCUT2D eigenvalue weighted by Gasteiger charge is 2.14. The van der Waals surface area contributed by atoms with Crippen molar-refractivity contribution in [3.63, 3.8) is 0 Å². The molecule has 2 aromatic rings. The molecule has 0 unspecified atom stereocenters. The van der Waals surface area contributed by atoms with Crippen LogP contribution < -0.4 is 15.4 Å². The molecule has 2 rings (SSSR count). The predicted molar refractivity (Wildman–Crippen MR) is 95.1 cm³/mol. The molecule has 128 valence electrons. The Labute approximate surface area is 142 Å². The smallest absolute Gasteiger partial charge is 0.228 e. The topological polar surface area (TPSA) is 76.1 Å². The molecule has 0 saturated heterocycles. The normalized spacial score (nSPS) is 10.5. The number of methoxy groups -OCH3 is 1. The molecule has 24 heavy (non-hydrogen) atoms. The van der Waals surface area contributed by atoms with Crippen LogP contribution in [0.25, 0.3) is 0 Å². The van der Waals surface area contributed by atoms with Crippen molar-refractivity contribution in [3.8, 4) is 5.75 Å². The Balaban J connectivity index is 1.93. The van der Waals surface area contributed by atoms with E-state index in [1.807, 2.05) is 38.1 Å². The third-order valence-corrected chi connectivity index (χ3v) is 3.92. The zero-order chi connectivity index (χ0) is 17.4. The summed E-state index contributed by atoms with van der Waals surface area (Å²) < 4.78 is 5.32. The molecule has 0 saturated carbocycles. The maximum atomic E-state index is 12.0. The van der Waals surface area contributed by atoms with Crippen LogP contribution in [0.3, 0.4) is 0 Å². The van der Waals surface area contributed by atoms with Gasteiger partial charge in [-0.1, -0.05) is 32.0 Å². The molecular weight excluding hydrogens is 304 g/mol. The Hall–Kier alpha value is -2.63. The Morgan fingerprint density at radius 1 is 1.08 bits per heavy atom. The van der Waals surface area contributed by atoms with Crippen molar-refractivity contribution in [2.45, 2.75) is 33.2 Å². The molecule has 2 N–H and O–H groups in total. The van der Waals surface area contributed by atoms with Crippen LogP contribution >= 0.6 is 0 Å². The van der Waals surface area contributed by atoms with E-state index in [2.05, 4.69) is 20.8 Å². The predicted octanol–water partition coefficient (Wildman–Crippen LogP) is 3.47. The minimum Gasteiger partial charge on any atom is -0.496 e. The lowest BCUT2D eigenvalue weighted by atomic mass is 10.0. The highest BCUT2D eigenvalue weighted by Crippen LogP contribution is 2.18. The van der Waals surface area contributed by atoms with E-state index in [4.69, 9.17) is 4.74 Å². The van der Waals surface area contributed by atoms with Crippen molar-refractivity contribution in [2.24, 2.45) is 5.92 Å². The van der Waals surface area contributed by atoms with Gasteiger partial charge >= 0.3 is 0 Å². The minimum absolute atomic E-state index is 0.00940. The number of aromatic nitrogens is 2. The molecule has 1 amide bonds. The average Bonchev–Trinajstić information content (AvgIpc) is 2.62. The number of rotatable bonds is 8. The lowest BCUT2D eigenvalue weighted by molar-refractivity contribution is -0.120. The van der Waals surface area contributed by atoms with E-state index in [1.165, 1.54) is 0 Å². The van der Waals surface area contributed by atoms with Gasteiger partial charge in [-0.15, -0.1) is 10.2 Å². The molecule has 0 aliphatic rings. The standard InChI is InChI=1S/C18H24N4O2/c1-4-13(5-2)18(23)20-17-11-10-16(21-22-17)19-12-14-8-6-7-9-15(14)24-3/h6-11,13H,4-5,12H2,1-3H3,(H,19,21)(H,20,22,23). The Morgan fingerprint density at radius 3 is 2.38 bits per heavy atom. The first-order chi connectivity index (χ1) is 11.7. The van der Waals surface area contributed by atoms with Crippen LogP contribution in [0, 0.1) is 5.92 Å². The number of ether oxygens (including phenoxy) is 1. The summed E-state index contributed by atoms with van der Waals surface area (Å²) in [4.78, 5) is 12.0. The number of hydrogen-bond acceptors (Lipinski definition) is 5. The van der Waals surface area contributed by atoms with E-state index in [0.717, 1.165) is 24.2 Å². The lowest BCUT2D eigenvalue weighted by Gasteiger charge is -2.12. The average molecular weight is 328 g/mol. The number of nitrogens with one attached hydrogen (secondary N) is 2. The van der Waals surface area contributed by atoms with E-state index in [0.29, 0.717) is 18.2 Å². The second kappa shape index (κ2) is 8.86. The van der Waals surface area contributed by atoms with Crippen molar-refractivity contribution in [2.75, 3.05) is 17.7 Å².